The van der Waals surface area contributed by atoms with Crippen molar-refractivity contribution < 1.29 is 91.0 Å². The van der Waals surface area contributed by atoms with Crippen LogP contribution >= 0.6 is 0 Å². The van der Waals surface area contributed by atoms with Gasteiger partial charge in [-0.2, -0.15) is 0 Å². The van der Waals surface area contributed by atoms with E-state index in [0.717, 1.165) is 33.6 Å². The molecule has 2 N–H and O–H groups in total. The molecule has 19 heteroatoms. The highest BCUT2D eigenvalue weighted by Gasteiger charge is 2.52. The number of aliphatic hydroxyl groups excluding tert-OH is 2. The number of aliphatic hydroxyl groups is 2. The summed E-state index contributed by atoms with van der Waals surface area (Å²) in [6.45, 7) is 10.2. The molecule has 1 unspecified atom stereocenters. The number of carbonyl (C=O) groups excluding carboxylic acids is 4. The highest BCUT2D eigenvalue weighted by molar-refractivity contribution is 5.68. The van der Waals surface area contributed by atoms with Crippen LogP contribution in [0.5, 0.6) is 0 Å². The molecule has 0 bridgehead atoms. The standard InChI is InChI=1S/C47H86O19/c1-6-7-8-9-10-11-12-13-14-15-16-17-18-19-21-58-35-47(34-49,36-59-29-27-55-24-23-54-22-20-48)37-60-30-28-56-25-26-57-31-32-61-46-45(65-41(5)53)44(64-40(4)52)43(63-39(3)51)42(66-46)33-62-38(2)50/h42-46,48-49H,6-37H2,1-5H3/t42-,43-,44+,45+,46+,47?/m1/s1. The van der Waals surface area contributed by atoms with Crippen LogP contribution in [0.1, 0.15) is 125 Å². The topological polar surface area (TPSA) is 229 Å². The minimum Gasteiger partial charge on any atom is -0.463 e. The van der Waals surface area contributed by atoms with Gasteiger partial charge in [-0.15, -0.1) is 0 Å². The predicted octanol–water partition coefficient (Wildman–Crippen LogP) is 4.65. The molecule has 0 aromatic rings. The maximum atomic E-state index is 12.0. The summed E-state index contributed by atoms with van der Waals surface area (Å²) >= 11 is 0. The molecule has 1 aliphatic rings. The first kappa shape index (κ1) is 61.5. The second kappa shape index (κ2) is 41.4. The van der Waals surface area contributed by atoms with Gasteiger partial charge in [0, 0.05) is 34.3 Å². The molecule has 0 aromatic carbocycles. The minimum atomic E-state index is -1.33. The van der Waals surface area contributed by atoms with Crippen molar-refractivity contribution in [3.05, 3.63) is 0 Å². The lowest BCUT2D eigenvalue weighted by Gasteiger charge is -2.44. The van der Waals surface area contributed by atoms with Crippen LogP contribution in [-0.2, 0) is 80.8 Å². The third kappa shape index (κ3) is 32.2. The Kier molecular flexibility index (Phi) is 38.6. The molecule has 0 spiro atoms. The van der Waals surface area contributed by atoms with E-state index in [1.54, 1.807) is 0 Å². The zero-order valence-corrected chi connectivity index (χ0v) is 40.8. The van der Waals surface area contributed by atoms with Gasteiger partial charge in [-0.3, -0.25) is 19.2 Å². The number of unbranched alkanes of at least 4 members (excludes halogenated alkanes) is 13. The molecule has 1 saturated heterocycles. The van der Waals surface area contributed by atoms with Crippen LogP contribution in [0.3, 0.4) is 0 Å². The van der Waals surface area contributed by atoms with Crippen molar-refractivity contribution >= 4 is 23.9 Å². The second-order valence-electron chi connectivity index (χ2n) is 16.5. The third-order valence-electron chi connectivity index (χ3n) is 10.4. The van der Waals surface area contributed by atoms with E-state index in [4.69, 9.17) is 66.7 Å². The van der Waals surface area contributed by atoms with E-state index in [0.29, 0.717) is 33.0 Å². The number of hydrogen-bond acceptors (Lipinski definition) is 19. The molecule has 6 atom stereocenters. The molecular weight excluding hydrogens is 868 g/mol. The van der Waals surface area contributed by atoms with Crippen LogP contribution in [-0.4, -0.2) is 184 Å². The average Bonchev–Trinajstić information content (AvgIpc) is 3.27. The Bertz CT molecular complexity index is 1210. The van der Waals surface area contributed by atoms with Crippen molar-refractivity contribution in [3.8, 4) is 0 Å². The second-order valence-corrected chi connectivity index (χ2v) is 16.5. The number of ether oxygens (including phenoxy) is 13. The van der Waals surface area contributed by atoms with E-state index in [1.807, 2.05) is 0 Å². The van der Waals surface area contributed by atoms with Gasteiger partial charge in [-0.05, 0) is 6.42 Å². The Hall–Kier alpha value is -2.56. The highest BCUT2D eigenvalue weighted by atomic mass is 16.7. The minimum absolute atomic E-state index is 0.0386. The fraction of sp³-hybridized carbons (Fsp3) is 0.915. The Labute approximate surface area is 393 Å². The summed E-state index contributed by atoms with van der Waals surface area (Å²) < 4.78 is 73.0. The van der Waals surface area contributed by atoms with Gasteiger partial charge < -0.3 is 71.8 Å². The Morgan fingerprint density at radius 1 is 0.455 bits per heavy atom. The summed E-state index contributed by atoms with van der Waals surface area (Å²) in [6, 6.07) is 0. The molecule has 1 fully saturated rings. The van der Waals surface area contributed by atoms with Gasteiger partial charge in [-0.25, -0.2) is 0 Å². The molecule has 0 saturated carbocycles. The summed E-state index contributed by atoms with van der Waals surface area (Å²) in [6.07, 6.45) is 11.6. The molecule has 66 heavy (non-hydrogen) atoms. The van der Waals surface area contributed by atoms with Gasteiger partial charge in [0.25, 0.3) is 0 Å². The van der Waals surface area contributed by atoms with Crippen LogP contribution < -0.4 is 0 Å². The van der Waals surface area contributed by atoms with E-state index in [1.165, 1.54) is 84.0 Å². The SMILES string of the molecule is CCCCCCCCCCCCCCCCOCC(CO)(COCCOCCOCCO)COCCOCCOCCO[C@H]1O[C@H](COC(C)=O)[C@@H](OC(C)=O)[C@H](OC(C)=O)[C@@H]1OC(C)=O. The Morgan fingerprint density at radius 2 is 0.848 bits per heavy atom. The van der Waals surface area contributed by atoms with Crippen molar-refractivity contribution in [2.24, 2.45) is 5.41 Å². The monoisotopic (exact) mass is 955 g/mol. The number of esters is 4. The van der Waals surface area contributed by atoms with Gasteiger partial charge in [0.1, 0.15) is 12.7 Å². The van der Waals surface area contributed by atoms with Gasteiger partial charge in [0.05, 0.1) is 111 Å². The number of hydrogen-bond donors (Lipinski definition) is 2. The molecule has 1 rings (SSSR count). The Balaban J connectivity index is 2.50. The number of rotatable bonds is 45. The van der Waals surface area contributed by atoms with Gasteiger partial charge in [-0.1, -0.05) is 90.4 Å². The van der Waals surface area contributed by atoms with Crippen LogP contribution in [0.2, 0.25) is 0 Å². The summed E-state index contributed by atoms with van der Waals surface area (Å²) in [4.78, 5) is 47.6. The maximum Gasteiger partial charge on any atom is 0.303 e. The van der Waals surface area contributed by atoms with Gasteiger partial charge in [0.2, 0.25) is 0 Å². The molecule has 388 valence electrons. The van der Waals surface area contributed by atoms with Gasteiger partial charge >= 0.3 is 23.9 Å². The maximum absolute atomic E-state index is 12.0. The normalized spacial score (nSPS) is 19.3. The first-order chi connectivity index (χ1) is 32.0. The van der Waals surface area contributed by atoms with E-state index < -0.39 is 60.0 Å². The summed E-state index contributed by atoms with van der Waals surface area (Å²) in [5, 5.41) is 19.3. The van der Waals surface area contributed by atoms with Crippen molar-refractivity contribution in [1.29, 1.82) is 0 Å². The smallest absolute Gasteiger partial charge is 0.303 e. The fourth-order valence-corrected chi connectivity index (χ4v) is 7.02. The third-order valence-corrected chi connectivity index (χ3v) is 10.4. The van der Waals surface area contributed by atoms with Crippen LogP contribution in [0.15, 0.2) is 0 Å². The van der Waals surface area contributed by atoms with Crippen molar-refractivity contribution in [2.45, 2.75) is 155 Å². The molecule has 0 aromatic heterocycles. The lowest BCUT2D eigenvalue weighted by atomic mass is 9.92. The molecule has 0 aliphatic carbocycles. The zero-order valence-electron chi connectivity index (χ0n) is 40.8. The summed E-state index contributed by atoms with van der Waals surface area (Å²) in [5.41, 5.74) is -0.778. The van der Waals surface area contributed by atoms with Crippen LogP contribution in [0, 0.1) is 5.41 Å². The molecule has 1 aliphatic heterocycles. The average molecular weight is 955 g/mol. The molecular formula is C47H86O19. The lowest BCUT2D eigenvalue weighted by Crippen LogP contribution is -2.63. The van der Waals surface area contributed by atoms with E-state index in [2.05, 4.69) is 6.92 Å². The van der Waals surface area contributed by atoms with Crippen LogP contribution in [0.4, 0.5) is 0 Å². The van der Waals surface area contributed by atoms with Crippen molar-refractivity contribution in [1.82, 2.24) is 0 Å². The predicted molar refractivity (Wildman–Crippen MR) is 241 cm³/mol. The fourth-order valence-electron chi connectivity index (χ4n) is 7.02. The number of carbonyl (C=O) groups is 4. The van der Waals surface area contributed by atoms with Crippen molar-refractivity contribution in [2.75, 3.05) is 119 Å². The molecule has 0 radical (unpaired) electrons. The quantitative estimate of drug-likeness (QED) is 0.0481. The zero-order chi connectivity index (χ0) is 48.5. The van der Waals surface area contributed by atoms with E-state index in [9.17, 15) is 24.3 Å². The molecule has 0 amide bonds. The Morgan fingerprint density at radius 3 is 1.29 bits per heavy atom. The first-order valence-electron chi connectivity index (χ1n) is 24.2. The van der Waals surface area contributed by atoms with Crippen molar-refractivity contribution in [3.63, 3.8) is 0 Å². The largest absolute Gasteiger partial charge is 0.463 e. The van der Waals surface area contributed by atoms with Crippen LogP contribution in [0.25, 0.3) is 0 Å². The van der Waals surface area contributed by atoms with Gasteiger partial charge in [0.15, 0.2) is 24.6 Å². The molecule has 1 heterocycles. The van der Waals surface area contributed by atoms with E-state index in [-0.39, 0.29) is 85.9 Å². The molecule has 19 nitrogen and oxygen atoms in total. The summed E-state index contributed by atoms with van der Waals surface area (Å²) in [5.74, 6) is -2.83. The lowest BCUT2D eigenvalue weighted by molar-refractivity contribution is -0.309. The highest BCUT2D eigenvalue weighted by Crippen LogP contribution is 2.30. The first-order valence-corrected chi connectivity index (χ1v) is 24.2. The van der Waals surface area contributed by atoms with E-state index >= 15 is 0 Å². The summed E-state index contributed by atoms with van der Waals surface area (Å²) in [7, 11) is 0.